The predicted molar refractivity (Wildman–Crippen MR) is 41.1 cm³/mol. The van der Waals surface area contributed by atoms with E-state index in [2.05, 4.69) is 13.0 Å². The summed E-state index contributed by atoms with van der Waals surface area (Å²) in [6.07, 6.45) is 6.32. The molecule has 0 heterocycles. The minimum Gasteiger partial charge on any atom is -0.329 e. The molecule has 9 heavy (non-hydrogen) atoms. The molecule has 0 spiro atoms. The molecule has 0 saturated carbocycles. The Hall–Kier alpha value is -0.340. The minimum absolute atomic E-state index is 0.0524. The van der Waals surface area contributed by atoms with Gasteiger partial charge in [0.25, 0.3) is 0 Å². The van der Waals surface area contributed by atoms with Gasteiger partial charge >= 0.3 is 0 Å². The first-order valence-corrected chi connectivity index (χ1v) is 3.43. The van der Waals surface area contributed by atoms with E-state index in [-0.39, 0.29) is 6.04 Å². The molecule has 0 aromatic rings. The zero-order valence-corrected chi connectivity index (χ0v) is 6.01. The molecule has 0 aliphatic rings. The van der Waals surface area contributed by atoms with E-state index in [1.165, 1.54) is 6.42 Å². The van der Waals surface area contributed by atoms with Gasteiger partial charge in [-0.15, -0.1) is 0 Å². The Morgan fingerprint density at radius 2 is 2.22 bits per heavy atom. The van der Waals surface area contributed by atoms with Crippen LogP contribution in [0.15, 0.2) is 12.2 Å². The van der Waals surface area contributed by atoms with Crippen molar-refractivity contribution in [3.8, 4) is 0 Å². The Kier molecular flexibility index (Phi) is 5.57. The summed E-state index contributed by atoms with van der Waals surface area (Å²) in [5, 5.41) is 0. The lowest BCUT2D eigenvalue weighted by Gasteiger charge is -1.98. The molecule has 2 nitrogen and oxygen atoms in total. The Morgan fingerprint density at radius 3 is 2.67 bits per heavy atom. The number of hydrogen-bond donors (Lipinski definition) is 2. The Bertz CT molecular complexity index is 79.0. The summed E-state index contributed by atoms with van der Waals surface area (Å²) in [5.74, 6) is 0. The van der Waals surface area contributed by atoms with Crippen LogP contribution in [0.3, 0.4) is 0 Å². The van der Waals surface area contributed by atoms with Crippen molar-refractivity contribution in [2.45, 2.75) is 25.8 Å². The lowest BCUT2D eigenvalue weighted by atomic mass is 10.2. The van der Waals surface area contributed by atoms with Crippen LogP contribution in [-0.2, 0) is 0 Å². The number of hydrogen-bond acceptors (Lipinski definition) is 2. The van der Waals surface area contributed by atoms with Crippen LogP contribution < -0.4 is 11.5 Å². The van der Waals surface area contributed by atoms with Gasteiger partial charge in [0.1, 0.15) is 0 Å². The Balaban J connectivity index is 3.20. The largest absolute Gasteiger partial charge is 0.329 e. The normalized spacial score (nSPS) is 14.6. The highest BCUT2D eigenvalue weighted by Crippen LogP contribution is 1.88. The minimum atomic E-state index is 0.0524. The summed E-state index contributed by atoms with van der Waals surface area (Å²) in [4.78, 5) is 0. The predicted octanol–water partition coefficient (Wildman–Crippen LogP) is 0.629. The van der Waals surface area contributed by atoms with Crippen molar-refractivity contribution < 1.29 is 0 Å². The smallest absolute Gasteiger partial charge is 0.0348 e. The molecule has 1 unspecified atom stereocenters. The van der Waals surface area contributed by atoms with Crippen LogP contribution in [0.25, 0.3) is 0 Å². The summed E-state index contributed by atoms with van der Waals surface area (Å²) in [6, 6.07) is 0.0524. The lowest BCUT2D eigenvalue weighted by molar-refractivity contribution is 0.815. The second-order valence-electron chi connectivity index (χ2n) is 2.12. The zero-order chi connectivity index (χ0) is 7.11. The van der Waals surface area contributed by atoms with Crippen molar-refractivity contribution in [3.05, 3.63) is 12.2 Å². The highest BCUT2D eigenvalue weighted by molar-refractivity contribution is 4.91. The van der Waals surface area contributed by atoms with Gasteiger partial charge < -0.3 is 11.5 Å². The zero-order valence-electron chi connectivity index (χ0n) is 6.01. The first kappa shape index (κ1) is 8.66. The van der Waals surface area contributed by atoms with Gasteiger partial charge in [0.15, 0.2) is 0 Å². The average molecular weight is 128 g/mol. The molecule has 0 aliphatic heterocycles. The van der Waals surface area contributed by atoms with Gasteiger partial charge in [0, 0.05) is 12.6 Å². The van der Waals surface area contributed by atoms with Crippen molar-refractivity contribution in [2.75, 3.05) is 6.54 Å². The van der Waals surface area contributed by atoms with Crippen molar-refractivity contribution in [2.24, 2.45) is 11.5 Å². The van der Waals surface area contributed by atoms with Crippen molar-refractivity contribution in [3.63, 3.8) is 0 Å². The molecule has 2 heteroatoms. The van der Waals surface area contributed by atoms with Gasteiger partial charge in [-0.1, -0.05) is 25.5 Å². The summed E-state index contributed by atoms with van der Waals surface area (Å²) < 4.78 is 0. The number of rotatable bonds is 4. The van der Waals surface area contributed by atoms with Gasteiger partial charge in [-0.3, -0.25) is 0 Å². The Labute approximate surface area is 56.9 Å². The van der Waals surface area contributed by atoms with Crippen LogP contribution in [0, 0.1) is 0 Å². The molecule has 0 aromatic heterocycles. The van der Waals surface area contributed by atoms with Gasteiger partial charge in [0.2, 0.25) is 0 Å². The van der Waals surface area contributed by atoms with Gasteiger partial charge in [-0.05, 0) is 6.42 Å². The molecule has 0 amide bonds. The van der Waals surface area contributed by atoms with Gasteiger partial charge in [0.05, 0.1) is 0 Å². The van der Waals surface area contributed by atoms with Crippen LogP contribution in [0.1, 0.15) is 19.8 Å². The van der Waals surface area contributed by atoms with Crippen LogP contribution in [0.2, 0.25) is 0 Å². The third-order valence-electron chi connectivity index (χ3n) is 1.11. The fraction of sp³-hybridized carbons (Fsp3) is 0.714. The maximum absolute atomic E-state index is 5.50. The molecule has 0 radical (unpaired) electrons. The number of unbranched alkanes of at least 4 members (excludes halogenated alkanes) is 1. The quantitative estimate of drug-likeness (QED) is 0.545. The van der Waals surface area contributed by atoms with Crippen LogP contribution in [-0.4, -0.2) is 12.6 Å². The van der Waals surface area contributed by atoms with E-state index in [0.717, 1.165) is 6.42 Å². The average Bonchev–Trinajstić information content (AvgIpc) is 1.89. The maximum Gasteiger partial charge on any atom is 0.0348 e. The van der Waals surface area contributed by atoms with E-state index in [1.54, 1.807) is 0 Å². The van der Waals surface area contributed by atoms with Crippen molar-refractivity contribution in [1.29, 1.82) is 0 Å². The first-order valence-electron chi connectivity index (χ1n) is 3.43. The SMILES string of the molecule is CCCC=CC(N)CN. The molecule has 54 valence electrons. The highest BCUT2D eigenvalue weighted by Gasteiger charge is 1.87. The lowest BCUT2D eigenvalue weighted by Crippen LogP contribution is -2.26. The van der Waals surface area contributed by atoms with E-state index < -0.39 is 0 Å². The third-order valence-corrected chi connectivity index (χ3v) is 1.11. The molecule has 0 fully saturated rings. The van der Waals surface area contributed by atoms with Gasteiger partial charge in [-0.25, -0.2) is 0 Å². The van der Waals surface area contributed by atoms with Crippen LogP contribution in [0.5, 0.6) is 0 Å². The summed E-state index contributed by atoms with van der Waals surface area (Å²) in [5.41, 5.74) is 10.8. The van der Waals surface area contributed by atoms with E-state index in [0.29, 0.717) is 6.54 Å². The van der Waals surface area contributed by atoms with Crippen LogP contribution in [0.4, 0.5) is 0 Å². The van der Waals surface area contributed by atoms with E-state index >= 15 is 0 Å². The topological polar surface area (TPSA) is 52.0 Å². The fourth-order valence-corrected chi connectivity index (χ4v) is 0.516. The summed E-state index contributed by atoms with van der Waals surface area (Å²) >= 11 is 0. The monoisotopic (exact) mass is 128 g/mol. The number of nitrogens with two attached hydrogens (primary N) is 2. The second-order valence-corrected chi connectivity index (χ2v) is 2.12. The summed E-state index contributed by atoms with van der Waals surface area (Å²) in [7, 11) is 0. The molecule has 0 bridgehead atoms. The molecule has 0 saturated heterocycles. The second kappa shape index (κ2) is 5.79. The van der Waals surface area contributed by atoms with E-state index in [1.807, 2.05) is 6.08 Å². The molecule has 0 aliphatic carbocycles. The third kappa shape index (κ3) is 5.53. The van der Waals surface area contributed by atoms with Gasteiger partial charge in [-0.2, -0.15) is 0 Å². The molecule has 4 N–H and O–H groups in total. The molecular formula is C7H16N2. The molecule has 0 aromatic carbocycles. The maximum atomic E-state index is 5.50. The van der Waals surface area contributed by atoms with Crippen molar-refractivity contribution in [1.82, 2.24) is 0 Å². The van der Waals surface area contributed by atoms with Crippen LogP contribution >= 0.6 is 0 Å². The summed E-state index contributed by atoms with van der Waals surface area (Å²) in [6.45, 7) is 2.68. The van der Waals surface area contributed by atoms with E-state index in [9.17, 15) is 0 Å². The van der Waals surface area contributed by atoms with Crippen molar-refractivity contribution >= 4 is 0 Å². The Morgan fingerprint density at radius 1 is 1.56 bits per heavy atom. The molecule has 0 rings (SSSR count). The number of allylic oxidation sites excluding steroid dienone is 1. The molecular weight excluding hydrogens is 112 g/mol. The van der Waals surface area contributed by atoms with E-state index in [4.69, 9.17) is 11.5 Å². The standard InChI is InChI=1S/C7H16N2/c1-2-3-4-5-7(9)6-8/h4-5,7H,2-3,6,8-9H2,1H3. The fourth-order valence-electron chi connectivity index (χ4n) is 0.516. The molecule has 1 atom stereocenters. The first-order chi connectivity index (χ1) is 4.31. The highest BCUT2D eigenvalue weighted by atomic mass is 14.7.